The number of para-hydroxylation sites is 1. The molecule has 3 rings (SSSR count). The number of aryl methyl sites for hydroxylation is 2. The lowest BCUT2D eigenvalue weighted by atomic mass is 10.1. The van der Waals surface area contributed by atoms with Crippen molar-refractivity contribution in [3.8, 4) is 5.75 Å². The minimum Gasteiger partial charge on any atom is -0.484 e. The number of amides is 3. The molecule has 1 atom stereocenters. The Labute approximate surface area is 182 Å². The second-order valence-electron chi connectivity index (χ2n) is 7.39. The van der Waals surface area contributed by atoms with Crippen LogP contribution < -0.4 is 20.7 Å². The number of ether oxygens (including phenoxy) is 1. The zero-order valence-corrected chi connectivity index (χ0v) is 17.9. The number of urea groups is 1. The van der Waals surface area contributed by atoms with E-state index in [1.807, 2.05) is 81.4 Å². The summed E-state index contributed by atoms with van der Waals surface area (Å²) < 4.78 is 5.59. The highest BCUT2D eigenvalue weighted by atomic mass is 16.5. The molecule has 0 aliphatic carbocycles. The Kier molecular flexibility index (Phi) is 7.27. The van der Waals surface area contributed by atoms with Crippen molar-refractivity contribution in [3.63, 3.8) is 0 Å². The molecule has 31 heavy (non-hydrogen) atoms. The Morgan fingerprint density at radius 1 is 0.839 bits per heavy atom. The van der Waals surface area contributed by atoms with E-state index in [2.05, 4.69) is 16.0 Å². The van der Waals surface area contributed by atoms with Crippen molar-refractivity contribution in [1.82, 2.24) is 5.32 Å². The number of rotatable bonds is 7. The van der Waals surface area contributed by atoms with E-state index in [9.17, 15) is 9.59 Å². The number of benzene rings is 3. The Balaban J connectivity index is 1.47. The predicted molar refractivity (Wildman–Crippen MR) is 123 cm³/mol. The molecule has 0 spiro atoms. The van der Waals surface area contributed by atoms with E-state index >= 15 is 0 Å². The quantitative estimate of drug-likeness (QED) is 0.494. The van der Waals surface area contributed by atoms with Crippen LogP contribution >= 0.6 is 0 Å². The summed E-state index contributed by atoms with van der Waals surface area (Å²) in [6, 6.07) is 21.8. The molecule has 6 heteroatoms. The average Bonchev–Trinajstić information content (AvgIpc) is 2.75. The Bertz CT molecular complexity index is 1030. The third-order valence-corrected chi connectivity index (χ3v) is 4.93. The molecular weight excluding hydrogens is 390 g/mol. The molecule has 160 valence electrons. The molecule has 0 aliphatic heterocycles. The summed E-state index contributed by atoms with van der Waals surface area (Å²) in [5, 5.41) is 8.48. The summed E-state index contributed by atoms with van der Waals surface area (Å²) in [6.07, 6.45) is 0. The molecule has 3 amide bonds. The smallest absolute Gasteiger partial charge is 0.323 e. The van der Waals surface area contributed by atoms with Crippen LogP contribution in [0.3, 0.4) is 0 Å². The van der Waals surface area contributed by atoms with Crippen molar-refractivity contribution in [2.75, 3.05) is 17.2 Å². The number of carbonyl (C=O) groups excluding carboxylic acids is 2. The van der Waals surface area contributed by atoms with E-state index in [0.29, 0.717) is 11.4 Å². The van der Waals surface area contributed by atoms with Gasteiger partial charge in [0.05, 0.1) is 6.04 Å². The van der Waals surface area contributed by atoms with Crippen LogP contribution in [-0.4, -0.2) is 18.5 Å². The highest BCUT2D eigenvalue weighted by molar-refractivity contribution is 5.99. The van der Waals surface area contributed by atoms with E-state index in [-0.39, 0.29) is 24.6 Å². The molecule has 0 aromatic heterocycles. The minimum atomic E-state index is -0.316. The highest BCUT2D eigenvalue weighted by Gasteiger charge is 2.11. The standard InChI is InChI=1S/C25H27N3O3/c1-17-9-14-23(15-18(17)2)31-16-24(29)26-19(3)20-10-12-22(13-11-20)28-25(30)27-21-7-5-4-6-8-21/h4-15,19H,16H2,1-3H3,(H,26,29)(H2,27,28,30). The van der Waals surface area contributed by atoms with Gasteiger partial charge in [0.1, 0.15) is 5.75 Å². The van der Waals surface area contributed by atoms with Gasteiger partial charge in [-0.25, -0.2) is 4.79 Å². The van der Waals surface area contributed by atoms with Gasteiger partial charge >= 0.3 is 6.03 Å². The van der Waals surface area contributed by atoms with Gasteiger partial charge in [-0.2, -0.15) is 0 Å². The van der Waals surface area contributed by atoms with Crippen molar-refractivity contribution >= 4 is 23.3 Å². The molecule has 3 aromatic rings. The largest absolute Gasteiger partial charge is 0.484 e. The Morgan fingerprint density at radius 3 is 2.13 bits per heavy atom. The maximum atomic E-state index is 12.2. The first-order chi connectivity index (χ1) is 14.9. The molecule has 0 heterocycles. The molecule has 0 bridgehead atoms. The lowest BCUT2D eigenvalue weighted by Crippen LogP contribution is -2.31. The van der Waals surface area contributed by atoms with Gasteiger partial charge in [0, 0.05) is 11.4 Å². The van der Waals surface area contributed by atoms with Crippen LogP contribution in [-0.2, 0) is 4.79 Å². The summed E-state index contributed by atoms with van der Waals surface area (Å²) in [4.78, 5) is 24.3. The molecule has 0 aliphatic rings. The lowest BCUT2D eigenvalue weighted by molar-refractivity contribution is -0.123. The number of hydrogen-bond donors (Lipinski definition) is 3. The summed E-state index contributed by atoms with van der Waals surface area (Å²) >= 11 is 0. The molecule has 3 aromatic carbocycles. The van der Waals surface area contributed by atoms with E-state index in [1.165, 1.54) is 5.56 Å². The van der Waals surface area contributed by atoms with E-state index in [0.717, 1.165) is 16.8 Å². The van der Waals surface area contributed by atoms with Crippen molar-refractivity contribution in [2.24, 2.45) is 0 Å². The average molecular weight is 418 g/mol. The summed E-state index contributed by atoms with van der Waals surface area (Å²) in [7, 11) is 0. The van der Waals surface area contributed by atoms with Crippen molar-refractivity contribution in [1.29, 1.82) is 0 Å². The second kappa shape index (κ2) is 10.3. The van der Waals surface area contributed by atoms with Gasteiger partial charge in [0.15, 0.2) is 6.61 Å². The third-order valence-electron chi connectivity index (χ3n) is 4.93. The first-order valence-corrected chi connectivity index (χ1v) is 10.1. The number of carbonyl (C=O) groups is 2. The molecule has 0 saturated carbocycles. The summed E-state index contributed by atoms with van der Waals surface area (Å²) in [6.45, 7) is 5.89. The summed E-state index contributed by atoms with van der Waals surface area (Å²) in [5.74, 6) is 0.477. The van der Waals surface area contributed by atoms with E-state index in [1.54, 1.807) is 12.1 Å². The van der Waals surface area contributed by atoms with Gasteiger partial charge in [-0.05, 0) is 73.9 Å². The van der Waals surface area contributed by atoms with Gasteiger partial charge in [-0.1, -0.05) is 36.4 Å². The molecule has 3 N–H and O–H groups in total. The first-order valence-electron chi connectivity index (χ1n) is 10.1. The van der Waals surface area contributed by atoms with Crippen LogP contribution in [0.2, 0.25) is 0 Å². The normalized spacial score (nSPS) is 11.3. The van der Waals surface area contributed by atoms with Gasteiger partial charge < -0.3 is 20.7 Å². The Hall–Kier alpha value is -3.80. The Morgan fingerprint density at radius 2 is 1.48 bits per heavy atom. The SMILES string of the molecule is Cc1ccc(OCC(=O)NC(C)c2ccc(NC(=O)Nc3ccccc3)cc2)cc1C. The molecule has 0 saturated heterocycles. The lowest BCUT2D eigenvalue weighted by Gasteiger charge is -2.16. The van der Waals surface area contributed by atoms with Crippen LogP contribution in [0.1, 0.15) is 29.7 Å². The van der Waals surface area contributed by atoms with Gasteiger partial charge in [-0.15, -0.1) is 0 Å². The van der Waals surface area contributed by atoms with E-state index in [4.69, 9.17) is 4.74 Å². The number of hydrogen-bond acceptors (Lipinski definition) is 3. The fourth-order valence-electron chi connectivity index (χ4n) is 2.99. The minimum absolute atomic E-state index is 0.0495. The first kappa shape index (κ1) is 21.9. The molecule has 0 radical (unpaired) electrons. The zero-order valence-electron chi connectivity index (χ0n) is 17.9. The molecule has 6 nitrogen and oxygen atoms in total. The van der Waals surface area contributed by atoms with Gasteiger partial charge in [-0.3, -0.25) is 4.79 Å². The maximum absolute atomic E-state index is 12.2. The van der Waals surface area contributed by atoms with E-state index < -0.39 is 0 Å². The van der Waals surface area contributed by atoms with Crippen molar-refractivity contribution in [3.05, 3.63) is 89.5 Å². The van der Waals surface area contributed by atoms with Crippen LogP contribution in [0, 0.1) is 13.8 Å². The zero-order chi connectivity index (χ0) is 22.2. The maximum Gasteiger partial charge on any atom is 0.323 e. The van der Waals surface area contributed by atoms with Crippen molar-refractivity contribution < 1.29 is 14.3 Å². The molecular formula is C25H27N3O3. The van der Waals surface area contributed by atoms with Crippen LogP contribution in [0.15, 0.2) is 72.8 Å². The number of anilines is 2. The summed E-state index contributed by atoms with van der Waals surface area (Å²) in [5.41, 5.74) is 4.61. The number of nitrogens with one attached hydrogen (secondary N) is 3. The van der Waals surface area contributed by atoms with Crippen LogP contribution in [0.25, 0.3) is 0 Å². The fourth-order valence-corrected chi connectivity index (χ4v) is 2.99. The molecule has 1 unspecified atom stereocenters. The highest BCUT2D eigenvalue weighted by Crippen LogP contribution is 2.18. The predicted octanol–water partition coefficient (Wildman–Crippen LogP) is 5.20. The molecule has 0 fully saturated rings. The van der Waals surface area contributed by atoms with Crippen LogP contribution in [0.4, 0.5) is 16.2 Å². The topological polar surface area (TPSA) is 79.5 Å². The van der Waals surface area contributed by atoms with Crippen LogP contribution in [0.5, 0.6) is 5.75 Å². The second-order valence-corrected chi connectivity index (χ2v) is 7.39. The van der Waals surface area contributed by atoms with Crippen molar-refractivity contribution in [2.45, 2.75) is 26.8 Å². The third kappa shape index (κ3) is 6.60. The fraction of sp³-hybridized carbons (Fsp3) is 0.200. The monoisotopic (exact) mass is 417 g/mol. The van der Waals surface area contributed by atoms with Gasteiger partial charge in [0.2, 0.25) is 0 Å². The van der Waals surface area contributed by atoms with Gasteiger partial charge in [0.25, 0.3) is 5.91 Å².